The van der Waals surface area contributed by atoms with Crippen LogP contribution >= 0.6 is 0 Å². The Morgan fingerprint density at radius 3 is 3.11 bits per heavy atom. The molecule has 0 saturated carbocycles. The fraction of sp³-hybridized carbons (Fsp3) is 0.667. The molecule has 0 amide bonds. The summed E-state index contributed by atoms with van der Waals surface area (Å²) < 4.78 is 10.1. The van der Waals surface area contributed by atoms with Crippen molar-refractivity contribution in [1.82, 2.24) is 0 Å². The lowest BCUT2D eigenvalue weighted by Gasteiger charge is -1.92. The Kier molecular flexibility index (Phi) is 2.80. The van der Waals surface area contributed by atoms with E-state index in [9.17, 15) is 0 Å². The van der Waals surface area contributed by atoms with Crippen molar-refractivity contribution in [1.29, 1.82) is 0 Å². The molecule has 1 saturated heterocycles. The molecule has 1 aliphatic rings. The first kappa shape index (κ1) is 6.83. The second-order valence-corrected chi connectivity index (χ2v) is 2.89. The fourth-order valence-electron chi connectivity index (χ4n) is 0.491. The van der Waals surface area contributed by atoms with Gasteiger partial charge in [-0.05, 0) is 6.04 Å². The minimum atomic E-state index is 0.392. The van der Waals surface area contributed by atoms with Gasteiger partial charge >= 0.3 is 0 Å². The summed E-state index contributed by atoms with van der Waals surface area (Å²) in [6, 6.07) is 1.17. The summed E-state index contributed by atoms with van der Waals surface area (Å²) in [5.41, 5.74) is 0. The van der Waals surface area contributed by atoms with E-state index in [1.165, 1.54) is 16.3 Å². The normalized spacial score (nSPS) is 25.1. The molecule has 2 nitrogen and oxygen atoms in total. The molecule has 1 rings (SSSR count). The van der Waals surface area contributed by atoms with Gasteiger partial charge in [-0.2, -0.15) is 0 Å². The van der Waals surface area contributed by atoms with Crippen molar-refractivity contribution in [3.63, 3.8) is 0 Å². The van der Waals surface area contributed by atoms with E-state index in [1.54, 1.807) is 6.26 Å². The number of ether oxygens (including phenoxy) is 2. The highest BCUT2D eigenvalue weighted by Crippen LogP contribution is 2.08. The fourth-order valence-corrected chi connectivity index (χ4v) is 0.684. The molecule has 1 fully saturated rings. The van der Waals surface area contributed by atoms with Gasteiger partial charge in [-0.25, -0.2) is 0 Å². The summed E-state index contributed by atoms with van der Waals surface area (Å²) >= 11 is 0. The largest absolute Gasteiger partial charge is 0.499 e. The SMILES string of the molecule is [SiH3]C/C=C/OCC1CO1. The molecule has 52 valence electrons. The van der Waals surface area contributed by atoms with Crippen LogP contribution in [0.5, 0.6) is 0 Å². The third-order valence-corrected chi connectivity index (χ3v) is 1.58. The van der Waals surface area contributed by atoms with Gasteiger partial charge in [0.05, 0.1) is 12.9 Å². The van der Waals surface area contributed by atoms with Crippen LogP contribution in [0, 0.1) is 0 Å². The molecule has 3 heteroatoms. The zero-order valence-electron chi connectivity index (χ0n) is 5.67. The monoisotopic (exact) mass is 144 g/mol. The van der Waals surface area contributed by atoms with Crippen LogP contribution in [0.2, 0.25) is 6.04 Å². The van der Waals surface area contributed by atoms with Gasteiger partial charge < -0.3 is 9.47 Å². The predicted molar refractivity (Wildman–Crippen MR) is 39.6 cm³/mol. The molecular formula is C6H12O2Si. The van der Waals surface area contributed by atoms with Gasteiger partial charge in [0.15, 0.2) is 0 Å². The highest BCUT2D eigenvalue weighted by Gasteiger charge is 2.22. The van der Waals surface area contributed by atoms with E-state index in [2.05, 4.69) is 6.08 Å². The van der Waals surface area contributed by atoms with Gasteiger partial charge in [-0.15, -0.1) is 0 Å². The molecule has 0 aliphatic carbocycles. The van der Waals surface area contributed by atoms with E-state index in [0.29, 0.717) is 6.10 Å². The molecule has 9 heavy (non-hydrogen) atoms. The first-order valence-electron chi connectivity index (χ1n) is 3.31. The van der Waals surface area contributed by atoms with E-state index in [1.807, 2.05) is 0 Å². The highest BCUT2D eigenvalue weighted by atomic mass is 28.1. The van der Waals surface area contributed by atoms with E-state index < -0.39 is 0 Å². The van der Waals surface area contributed by atoms with Gasteiger partial charge in [0.1, 0.15) is 12.7 Å². The maximum absolute atomic E-state index is 5.11. The molecule has 1 heterocycles. The van der Waals surface area contributed by atoms with Gasteiger partial charge in [0.2, 0.25) is 0 Å². The Hall–Kier alpha value is -0.283. The van der Waals surface area contributed by atoms with Crippen LogP contribution in [-0.2, 0) is 9.47 Å². The minimum absolute atomic E-state index is 0.392. The molecule has 1 unspecified atom stereocenters. The topological polar surface area (TPSA) is 21.8 Å². The smallest absolute Gasteiger partial charge is 0.116 e. The predicted octanol–water partition coefficient (Wildman–Crippen LogP) is -0.301. The second-order valence-electron chi connectivity index (χ2n) is 2.07. The van der Waals surface area contributed by atoms with Crippen molar-refractivity contribution in [3.8, 4) is 0 Å². The van der Waals surface area contributed by atoms with E-state index in [4.69, 9.17) is 9.47 Å². The van der Waals surface area contributed by atoms with Gasteiger partial charge in [0.25, 0.3) is 0 Å². The zero-order chi connectivity index (χ0) is 6.53. The van der Waals surface area contributed by atoms with Crippen molar-refractivity contribution in [2.45, 2.75) is 12.1 Å². The second kappa shape index (κ2) is 3.69. The lowest BCUT2D eigenvalue weighted by atomic mass is 10.5. The van der Waals surface area contributed by atoms with Crippen molar-refractivity contribution < 1.29 is 9.47 Å². The van der Waals surface area contributed by atoms with Crippen molar-refractivity contribution in [2.24, 2.45) is 0 Å². The van der Waals surface area contributed by atoms with Crippen LogP contribution in [0.15, 0.2) is 12.3 Å². The van der Waals surface area contributed by atoms with E-state index >= 15 is 0 Å². The summed E-state index contributed by atoms with van der Waals surface area (Å²) in [4.78, 5) is 0. The van der Waals surface area contributed by atoms with Crippen LogP contribution in [0.1, 0.15) is 0 Å². The molecule has 1 aliphatic heterocycles. The average molecular weight is 144 g/mol. The maximum atomic E-state index is 5.11. The van der Waals surface area contributed by atoms with Crippen LogP contribution in [0.25, 0.3) is 0 Å². The molecule has 0 aromatic rings. The Labute approximate surface area is 58.3 Å². The lowest BCUT2D eigenvalue weighted by molar-refractivity contribution is 0.212. The quantitative estimate of drug-likeness (QED) is 0.307. The minimum Gasteiger partial charge on any atom is -0.499 e. The van der Waals surface area contributed by atoms with Crippen molar-refractivity contribution >= 4 is 10.2 Å². The van der Waals surface area contributed by atoms with Gasteiger partial charge in [-0.3, -0.25) is 0 Å². The molecule has 0 aromatic carbocycles. The van der Waals surface area contributed by atoms with Gasteiger partial charge in [0, 0.05) is 10.2 Å². The number of hydrogen-bond donors (Lipinski definition) is 0. The number of allylic oxidation sites excluding steroid dienone is 1. The number of rotatable bonds is 4. The molecule has 0 spiro atoms. The highest BCUT2D eigenvalue weighted by molar-refractivity contribution is 6.09. The standard InChI is InChI=1S/C6H12O2Si/c9-3-1-2-7-4-6-5-8-6/h1-2,6H,3-5H2,9H3/b2-1+. The van der Waals surface area contributed by atoms with Crippen LogP contribution in [0.4, 0.5) is 0 Å². The molecule has 0 aromatic heterocycles. The van der Waals surface area contributed by atoms with Crippen LogP contribution < -0.4 is 0 Å². The number of hydrogen-bond acceptors (Lipinski definition) is 2. The maximum Gasteiger partial charge on any atom is 0.116 e. The lowest BCUT2D eigenvalue weighted by Crippen LogP contribution is -1.94. The summed E-state index contributed by atoms with van der Waals surface area (Å²) in [5.74, 6) is 0. The van der Waals surface area contributed by atoms with Gasteiger partial charge in [-0.1, -0.05) is 6.08 Å². The molecular weight excluding hydrogens is 132 g/mol. The van der Waals surface area contributed by atoms with E-state index in [0.717, 1.165) is 13.2 Å². The zero-order valence-corrected chi connectivity index (χ0v) is 7.67. The molecule has 0 bridgehead atoms. The third kappa shape index (κ3) is 3.32. The van der Waals surface area contributed by atoms with E-state index in [-0.39, 0.29) is 0 Å². The molecule has 1 atom stereocenters. The van der Waals surface area contributed by atoms with Crippen molar-refractivity contribution in [2.75, 3.05) is 13.2 Å². The Balaban J connectivity index is 1.85. The molecule has 0 radical (unpaired) electrons. The summed E-state index contributed by atoms with van der Waals surface area (Å²) in [7, 11) is 1.22. The molecule has 0 N–H and O–H groups in total. The van der Waals surface area contributed by atoms with Crippen LogP contribution in [0.3, 0.4) is 0 Å². The van der Waals surface area contributed by atoms with Crippen molar-refractivity contribution in [3.05, 3.63) is 12.3 Å². The summed E-state index contributed by atoms with van der Waals surface area (Å²) in [6.45, 7) is 1.62. The first-order valence-corrected chi connectivity index (χ1v) is 4.73. The summed E-state index contributed by atoms with van der Waals surface area (Å²) in [6.07, 6.45) is 4.22. The van der Waals surface area contributed by atoms with Crippen LogP contribution in [-0.4, -0.2) is 29.6 Å². The Morgan fingerprint density at radius 2 is 2.56 bits per heavy atom. The summed E-state index contributed by atoms with van der Waals surface area (Å²) in [5, 5.41) is 0. The Morgan fingerprint density at radius 1 is 1.78 bits per heavy atom. The average Bonchev–Trinajstić information content (AvgIpc) is 2.63. The Bertz CT molecular complexity index is 99.2. The first-order chi connectivity index (χ1) is 4.43. The third-order valence-electron chi connectivity index (χ3n) is 1.11. The number of epoxide rings is 1.